The zero-order chi connectivity index (χ0) is 24.7. The molecule has 12 heteroatoms. The van der Waals surface area contributed by atoms with Gasteiger partial charge in [-0.2, -0.15) is 8.42 Å². The number of nitrogens with zero attached hydrogens (tertiary/aromatic N) is 2. The van der Waals surface area contributed by atoms with Gasteiger partial charge in [0, 0.05) is 17.7 Å². The lowest BCUT2D eigenvalue weighted by molar-refractivity contribution is 0.0696. The molecule has 180 valence electrons. The number of hydrogen-bond acceptors (Lipinski definition) is 9. The first-order valence-electron chi connectivity index (χ1n) is 9.97. The summed E-state index contributed by atoms with van der Waals surface area (Å²) >= 11 is 0. The fourth-order valence-corrected chi connectivity index (χ4v) is 3.12. The molecule has 0 spiro atoms. The third-order valence-corrected chi connectivity index (χ3v) is 4.65. The molecule has 1 N–H and O–H groups in total. The fourth-order valence-electron chi connectivity index (χ4n) is 2.68. The molecule has 0 amide bonds. The average molecular weight is 492 g/mol. The number of carboxylic acids is 1. The van der Waals surface area contributed by atoms with Crippen molar-refractivity contribution in [2.24, 2.45) is 5.16 Å². The van der Waals surface area contributed by atoms with Gasteiger partial charge in [-0.05, 0) is 42.8 Å². The van der Waals surface area contributed by atoms with E-state index in [-0.39, 0.29) is 41.0 Å². The predicted molar refractivity (Wildman–Crippen MR) is 119 cm³/mol. The Morgan fingerprint density at radius 3 is 2.50 bits per heavy atom. The van der Waals surface area contributed by atoms with Crippen molar-refractivity contribution >= 4 is 21.8 Å². The number of carboxylic acid groups (broad SMARTS) is 1. The van der Waals surface area contributed by atoms with Crippen LogP contribution in [-0.4, -0.2) is 49.8 Å². The highest BCUT2D eigenvalue weighted by Gasteiger charge is 2.17. The summed E-state index contributed by atoms with van der Waals surface area (Å²) in [6.45, 7) is 1.99. The van der Waals surface area contributed by atoms with Crippen LogP contribution in [0.1, 0.15) is 29.5 Å². The van der Waals surface area contributed by atoms with Crippen LogP contribution in [0.4, 0.5) is 4.39 Å². The van der Waals surface area contributed by atoms with Gasteiger partial charge in [-0.3, -0.25) is 0 Å². The zero-order valence-electron chi connectivity index (χ0n) is 18.2. The van der Waals surface area contributed by atoms with Crippen molar-refractivity contribution in [1.82, 2.24) is 5.16 Å². The van der Waals surface area contributed by atoms with E-state index in [1.807, 2.05) is 6.92 Å². The smallest absolute Gasteiger partial charge is 0.335 e. The molecule has 0 saturated carbocycles. The number of benzene rings is 2. The van der Waals surface area contributed by atoms with E-state index in [0.29, 0.717) is 24.3 Å². The standard InChI is InChI=1S/C22H21FN2O8S/c1-3-8-31-24-20(21-12-19(25-32-21)14-4-6-16(23)7-5-14)13-30-17-9-15(22(26)27)10-18(11-17)33-34(2,28)29/h4-7,9-12H,3,8,13H2,1-2H3,(H,26,27)/b24-20+. The Kier molecular flexibility index (Phi) is 7.84. The molecule has 34 heavy (non-hydrogen) atoms. The molecule has 10 nitrogen and oxygen atoms in total. The van der Waals surface area contributed by atoms with Gasteiger partial charge in [0.05, 0.1) is 11.8 Å². The van der Waals surface area contributed by atoms with E-state index >= 15 is 0 Å². The van der Waals surface area contributed by atoms with Crippen molar-refractivity contribution < 1.29 is 41.0 Å². The molecule has 3 rings (SSSR count). The minimum atomic E-state index is -3.89. The van der Waals surface area contributed by atoms with Crippen molar-refractivity contribution in [1.29, 1.82) is 0 Å². The molecular weight excluding hydrogens is 471 g/mol. The number of rotatable bonds is 11. The van der Waals surface area contributed by atoms with Gasteiger partial charge in [0.25, 0.3) is 0 Å². The lowest BCUT2D eigenvalue weighted by Crippen LogP contribution is -2.14. The lowest BCUT2D eigenvalue weighted by atomic mass is 10.1. The molecule has 0 bridgehead atoms. The molecule has 0 radical (unpaired) electrons. The Hall–Kier alpha value is -3.93. The summed E-state index contributed by atoms with van der Waals surface area (Å²) in [5, 5.41) is 17.3. The summed E-state index contributed by atoms with van der Waals surface area (Å²) in [7, 11) is -3.89. The molecule has 1 aromatic heterocycles. The van der Waals surface area contributed by atoms with E-state index in [2.05, 4.69) is 10.3 Å². The quantitative estimate of drug-likeness (QED) is 0.184. The van der Waals surface area contributed by atoms with E-state index in [1.54, 1.807) is 18.2 Å². The number of ether oxygens (including phenoxy) is 1. The highest BCUT2D eigenvalue weighted by Crippen LogP contribution is 2.25. The number of halogens is 1. The minimum absolute atomic E-state index is 0.0139. The summed E-state index contributed by atoms with van der Waals surface area (Å²) in [5.41, 5.74) is 0.994. The molecule has 0 aliphatic carbocycles. The Morgan fingerprint density at radius 1 is 1.15 bits per heavy atom. The number of carbonyl (C=O) groups is 1. The van der Waals surface area contributed by atoms with Gasteiger partial charge in [-0.25, -0.2) is 9.18 Å². The van der Waals surface area contributed by atoms with Gasteiger partial charge >= 0.3 is 16.1 Å². The Bertz CT molecular complexity index is 1290. The van der Waals surface area contributed by atoms with Crippen LogP contribution in [0.3, 0.4) is 0 Å². The summed E-state index contributed by atoms with van der Waals surface area (Å²) in [6, 6.07) is 10.7. The first-order valence-corrected chi connectivity index (χ1v) is 11.8. The normalized spacial score (nSPS) is 11.8. The predicted octanol–water partition coefficient (Wildman–Crippen LogP) is 3.73. The molecule has 0 atom stereocenters. The van der Waals surface area contributed by atoms with Crippen molar-refractivity contribution in [3.8, 4) is 22.8 Å². The summed E-state index contributed by atoms with van der Waals surface area (Å²) in [4.78, 5) is 16.7. The van der Waals surface area contributed by atoms with Gasteiger partial charge in [0.2, 0.25) is 0 Å². The maximum Gasteiger partial charge on any atom is 0.335 e. The Balaban J connectivity index is 1.85. The van der Waals surface area contributed by atoms with Gasteiger partial charge < -0.3 is 23.4 Å². The van der Waals surface area contributed by atoms with Crippen molar-refractivity contribution in [3.63, 3.8) is 0 Å². The molecule has 0 saturated heterocycles. The highest BCUT2D eigenvalue weighted by atomic mass is 32.2. The minimum Gasteiger partial charge on any atom is -0.487 e. The monoisotopic (exact) mass is 492 g/mol. The average Bonchev–Trinajstić information content (AvgIpc) is 3.25. The molecular formula is C22H21FN2O8S. The first kappa shape index (κ1) is 24.7. The van der Waals surface area contributed by atoms with Crippen molar-refractivity contribution in [3.05, 3.63) is 65.7 Å². The molecule has 0 aliphatic rings. The van der Waals surface area contributed by atoms with Crippen LogP contribution in [0.25, 0.3) is 11.3 Å². The summed E-state index contributed by atoms with van der Waals surface area (Å²) in [6.07, 6.45) is 1.53. The second kappa shape index (κ2) is 10.8. The summed E-state index contributed by atoms with van der Waals surface area (Å²) in [5.74, 6) is -1.70. The van der Waals surface area contributed by atoms with Crippen molar-refractivity contribution in [2.75, 3.05) is 19.5 Å². The van der Waals surface area contributed by atoms with E-state index in [0.717, 1.165) is 12.3 Å². The lowest BCUT2D eigenvalue weighted by Gasteiger charge is -2.10. The fraction of sp³-hybridized carbons (Fsp3) is 0.227. The van der Waals surface area contributed by atoms with Crippen LogP contribution in [-0.2, 0) is 15.0 Å². The van der Waals surface area contributed by atoms with E-state index in [4.69, 9.17) is 18.3 Å². The van der Waals surface area contributed by atoms with E-state index < -0.39 is 16.1 Å². The van der Waals surface area contributed by atoms with Crippen LogP contribution in [0.2, 0.25) is 0 Å². The molecule has 3 aromatic rings. The van der Waals surface area contributed by atoms with E-state index in [9.17, 15) is 22.7 Å². The van der Waals surface area contributed by atoms with Gasteiger partial charge in [0.1, 0.15) is 36.2 Å². The van der Waals surface area contributed by atoms with E-state index in [1.165, 1.54) is 24.3 Å². The maximum atomic E-state index is 13.2. The SMILES string of the molecule is CCCO/N=C(\COc1cc(OS(C)(=O)=O)cc(C(=O)O)c1)c1cc(-c2ccc(F)cc2)no1. The largest absolute Gasteiger partial charge is 0.487 e. The molecule has 0 unspecified atom stereocenters. The molecule has 0 fully saturated rings. The molecule has 2 aromatic carbocycles. The van der Waals surface area contributed by atoms with Crippen LogP contribution in [0.15, 0.2) is 58.2 Å². The topological polar surface area (TPSA) is 138 Å². The number of hydrogen-bond donors (Lipinski definition) is 1. The summed E-state index contributed by atoms with van der Waals surface area (Å²) < 4.78 is 51.9. The van der Waals surface area contributed by atoms with Crippen LogP contribution < -0.4 is 8.92 Å². The highest BCUT2D eigenvalue weighted by molar-refractivity contribution is 7.86. The Morgan fingerprint density at radius 2 is 1.85 bits per heavy atom. The number of aromatic nitrogens is 1. The van der Waals surface area contributed by atoms with Gasteiger partial charge in [0.15, 0.2) is 11.5 Å². The molecule has 1 heterocycles. The number of oxime groups is 1. The maximum absolute atomic E-state index is 13.2. The third kappa shape index (κ3) is 7.04. The third-order valence-electron chi connectivity index (χ3n) is 4.15. The van der Waals surface area contributed by atoms with Crippen LogP contribution in [0, 0.1) is 5.82 Å². The zero-order valence-corrected chi connectivity index (χ0v) is 19.0. The number of aromatic carboxylic acids is 1. The second-order valence-electron chi connectivity index (χ2n) is 7.03. The van der Waals surface area contributed by atoms with Gasteiger partial charge in [-0.1, -0.05) is 17.2 Å². The first-order chi connectivity index (χ1) is 16.1. The van der Waals surface area contributed by atoms with Gasteiger partial charge in [-0.15, -0.1) is 0 Å². The second-order valence-corrected chi connectivity index (χ2v) is 8.60. The molecule has 0 aliphatic heterocycles. The van der Waals surface area contributed by atoms with Crippen LogP contribution >= 0.6 is 0 Å². The van der Waals surface area contributed by atoms with Crippen LogP contribution in [0.5, 0.6) is 11.5 Å². The van der Waals surface area contributed by atoms with Crippen molar-refractivity contribution in [2.45, 2.75) is 13.3 Å². The Labute approximate surface area is 194 Å².